The number of amides is 1. The van der Waals surface area contributed by atoms with Crippen LogP contribution in [0.1, 0.15) is 62.4 Å². The molecule has 8 nitrogen and oxygen atoms in total. The van der Waals surface area contributed by atoms with Crippen LogP contribution >= 0.6 is 0 Å². The molecular formula is C30H40N4O4. The molecule has 3 aliphatic heterocycles. The maximum Gasteiger partial charge on any atom is 0.325 e. The number of carboxylic acid groups (broad SMARTS) is 1. The first-order valence-corrected chi connectivity index (χ1v) is 14.1. The van der Waals surface area contributed by atoms with Crippen molar-refractivity contribution < 1.29 is 19.4 Å². The molecule has 0 bridgehead atoms. The summed E-state index contributed by atoms with van der Waals surface area (Å²) < 4.78 is 5.91. The van der Waals surface area contributed by atoms with Gasteiger partial charge in [-0.3, -0.25) is 14.5 Å². The standard InChI is InChI=1S/C30H40N4O4/c1-20(2)38-26-8-4-3-7-25(26)27(30(36)37)34-17-13-23(19-34)29(35)33-15-11-21(12-16-33)18-24-10-9-22-6-5-14-31-28(22)32-24/h3-4,7-10,20-21,23,27H,5-6,11-19H2,1-2H3,(H,31,32)(H,36,37)/t23-,27?/m1/s1. The largest absolute Gasteiger partial charge is 0.491 e. The normalized spacial score (nSPS) is 21.1. The average Bonchev–Trinajstić information content (AvgIpc) is 3.39. The number of nitrogens with zero attached hydrogens (tertiary/aromatic N) is 3. The predicted molar refractivity (Wildman–Crippen MR) is 146 cm³/mol. The topological polar surface area (TPSA) is 95.0 Å². The van der Waals surface area contributed by atoms with Crippen LogP contribution in [-0.2, 0) is 22.4 Å². The minimum Gasteiger partial charge on any atom is -0.491 e. The number of piperidine rings is 1. The quantitative estimate of drug-likeness (QED) is 0.540. The number of likely N-dealkylation sites (tertiary alicyclic amines) is 2. The van der Waals surface area contributed by atoms with Gasteiger partial charge in [-0.05, 0) is 76.0 Å². The van der Waals surface area contributed by atoms with Crippen molar-refractivity contribution in [1.82, 2.24) is 14.8 Å². The van der Waals surface area contributed by atoms with Crippen molar-refractivity contribution in [3.63, 3.8) is 0 Å². The van der Waals surface area contributed by atoms with E-state index < -0.39 is 12.0 Å². The molecule has 0 saturated carbocycles. The molecule has 1 aromatic heterocycles. The van der Waals surface area contributed by atoms with Crippen LogP contribution in [0.25, 0.3) is 0 Å². The molecule has 2 N–H and O–H groups in total. The number of fused-ring (bicyclic) bond motifs is 1. The zero-order valence-corrected chi connectivity index (χ0v) is 22.6. The van der Waals surface area contributed by atoms with Crippen molar-refractivity contribution in [3.05, 3.63) is 53.2 Å². The lowest BCUT2D eigenvalue weighted by Gasteiger charge is -2.34. The number of aromatic nitrogens is 1. The summed E-state index contributed by atoms with van der Waals surface area (Å²) in [4.78, 5) is 34.6. The molecule has 0 spiro atoms. The summed E-state index contributed by atoms with van der Waals surface area (Å²) >= 11 is 0. The van der Waals surface area contributed by atoms with E-state index in [0.29, 0.717) is 36.7 Å². The first-order chi connectivity index (χ1) is 18.4. The molecule has 38 heavy (non-hydrogen) atoms. The second-order valence-corrected chi connectivity index (χ2v) is 11.2. The summed E-state index contributed by atoms with van der Waals surface area (Å²) in [6.07, 6.45) is 5.80. The van der Waals surface area contributed by atoms with Gasteiger partial charge in [0.05, 0.1) is 12.0 Å². The van der Waals surface area contributed by atoms with Gasteiger partial charge in [0, 0.05) is 44.0 Å². The number of hydrogen-bond donors (Lipinski definition) is 2. The van der Waals surface area contributed by atoms with Gasteiger partial charge >= 0.3 is 5.97 Å². The minimum absolute atomic E-state index is 0.0545. The first kappa shape index (κ1) is 26.5. The fourth-order valence-electron chi connectivity index (χ4n) is 6.17. The molecular weight excluding hydrogens is 480 g/mol. The van der Waals surface area contributed by atoms with E-state index in [9.17, 15) is 14.7 Å². The van der Waals surface area contributed by atoms with E-state index in [0.717, 1.165) is 63.3 Å². The van der Waals surface area contributed by atoms with Crippen LogP contribution in [0.5, 0.6) is 5.75 Å². The fraction of sp³-hybridized carbons (Fsp3) is 0.567. The SMILES string of the molecule is CC(C)Oc1ccccc1C(C(=O)O)N1CC[C@@H](C(=O)N2CCC(Cc3ccc4c(n3)NCCC4)CC2)C1. The Morgan fingerprint density at radius 2 is 1.89 bits per heavy atom. The van der Waals surface area contributed by atoms with Gasteiger partial charge in [0.2, 0.25) is 5.91 Å². The fourth-order valence-corrected chi connectivity index (χ4v) is 6.17. The van der Waals surface area contributed by atoms with Gasteiger partial charge in [0.25, 0.3) is 0 Å². The zero-order valence-electron chi connectivity index (χ0n) is 22.6. The lowest BCUT2D eigenvalue weighted by Crippen LogP contribution is -2.43. The molecule has 2 aromatic rings. The van der Waals surface area contributed by atoms with Crippen molar-refractivity contribution in [2.45, 2.75) is 64.5 Å². The molecule has 2 atom stereocenters. The summed E-state index contributed by atoms with van der Waals surface area (Å²) in [5.41, 5.74) is 3.09. The van der Waals surface area contributed by atoms with Crippen LogP contribution in [0.4, 0.5) is 5.82 Å². The smallest absolute Gasteiger partial charge is 0.325 e. The van der Waals surface area contributed by atoms with E-state index >= 15 is 0 Å². The van der Waals surface area contributed by atoms with Gasteiger partial charge in [-0.2, -0.15) is 0 Å². The minimum atomic E-state index is -0.912. The number of pyridine rings is 1. The van der Waals surface area contributed by atoms with Crippen LogP contribution in [0.3, 0.4) is 0 Å². The molecule has 8 heteroatoms. The summed E-state index contributed by atoms with van der Waals surface area (Å²) in [5, 5.41) is 13.6. The number of carboxylic acids is 1. The van der Waals surface area contributed by atoms with Crippen molar-refractivity contribution in [2.75, 3.05) is 38.0 Å². The lowest BCUT2D eigenvalue weighted by atomic mass is 9.91. The van der Waals surface area contributed by atoms with Crippen LogP contribution in [0.2, 0.25) is 0 Å². The number of hydrogen-bond acceptors (Lipinski definition) is 6. The molecule has 5 rings (SSSR count). The summed E-state index contributed by atoms with van der Waals surface area (Å²) in [5.74, 6) is 1.26. The number of carbonyl (C=O) groups is 2. The van der Waals surface area contributed by atoms with E-state index in [1.807, 2.05) is 47.9 Å². The third-order valence-corrected chi connectivity index (χ3v) is 8.12. The van der Waals surface area contributed by atoms with E-state index in [1.54, 1.807) is 0 Å². The Hall–Kier alpha value is -3.13. The summed E-state index contributed by atoms with van der Waals surface area (Å²) in [6.45, 7) is 7.42. The molecule has 1 amide bonds. The summed E-state index contributed by atoms with van der Waals surface area (Å²) in [7, 11) is 0. The highest BCUT2D eigenvalue weighted by Gasteiger charge is 2.39. The first-order valence-electron chi connectivity index (χ1n) is 14.1. The Morgan fingerprint density at radius 3 is 2.66 bits per heavy atom. The highest BCUT2D eigenvalue weighted by Crippen LogP contribution is 2.35. The second-order valence-electron chi connectivity index (χ2n) is 11.2. The number of anilines is 1. The molecule has 2 saturated heterocycles. The summed E-state index contributed by atoms with van der Waals surface area (Å²) in [6, 6.07) is 10.9. The van der Waals surface area contributed by atoms with Crippen molar-refractivity contribution in [1.29, 1.82) is 0 Å². The van der Waals surface area contributed by atoms with Crippen LogP contribution in [-0.4, -0.2) is 70.6 Å². The van der Waals surface area contributed by atoms with Crippen molar-refractivity contribution in [2.24, 2.45) is 11.8 Å². The molecule has 0 aliphatic carbocycles. The Bertz CT molecular complexity index is 1140. The Balaban J connectivity index is 1.16. The van der Waals surface area contributed by atoms with Gasteiger partial charge in [-0.25, -0.2) is 4.98 Å². The Labute approximate surface area is 225 Å². The van der Waals surface area contributed by atoms with Crippen LogP contribution in [0.15, 0.2) is 36.4 Å². The second kappa shape index (κ2) is 11.7. The number of nitrogens with one attached hydrogen (secondary N) is 1. The zero-order chi connectivity index (χ0) is 26.6. The van der Waals surface area contributed by atoms with Gasteiger partial charge in [0.1, 0.15) is 17.6 Å². The van der Waals surface area contributed by atoms with Gasteiger partial charge in [0.15, 0.2) is 0 Å². The molecule has 1 unspecified atom stereocenters. The molecule has 204 valence electrons. The number of carbonyl (C=O) groups excluding carboxylic acids is 1. The maximum atomic E-state index is 13.4. The van der Waals surface area contributed by atoms with E-state index in [1.165, 1.54) is 5.56 Å². The van der Waals surface area contributed by atoms with E-state index in [2.05, 4.69) is 17.4 Å². The van der Waals surface area contributed by atoms with Crippen LogP contribution < -0.4 is 10.1 Å². The van der Waals surface area contributed by atoms with Gasteiger partial charge in [-0.15, -0.1) is 0 Å². The van der Waals surface area contributed by atoms with Crippen molar-refractivity contribution >= 4 is 17.7 Å². The molecule has 0 radical (unpaired) electrons. The van der Waals surface area contributed by atoms with Gasteiger partial charge < -0.3 is 20.1 Å². The predicted octanol–water partition coefficient (Wildman–Crippen LogP) is 4.16. The molecule has 2 fully saturated rings. The number of rotatable bonds is 8. The van der Waals surface area contributed by atoms with E-state index in [4.69, 9.17) is 9.72 Å². The number of aryl methyl sites for hydroxylation is 1. The third kappa shape index (κ3) is 5.96. The number of benzene rings is 1. The van der Waals surface area contributed by atoms with Crippen LogP contribution in [0, 0.1) is 11.8 Å². The lowest BCUT2D eigenvalue weighted by molar-refractivity contribution is -0.144. The van der Waals surface area contributed by atoms with Crippen molar-refractivity contribution in [3.8, 4) is 5.75 Å². The Morgan fingerprint density at radius 1 is 1.11 bits per heavy atom. The highest BCUT2D eigenvalue weighted by atomic mass is 16.5. The maximum absolute atomic E-state index is 13.4. The number of aliphatic carboxylic acids is 1. The Kier molecular flexibility index (Phi) is 8.17. The molecule has 3 aliphatic rings. The van der Waals surface area contributed by atoms with Gasteiger partial charge in [-0.1, -0.05) is 24.3 Å². The third-order valence-electron chi connectivity index (χ3n) is 8.12. The van der Waals surface area contributed by atoms with E-state index in [-0.39, 0.29) is 17.9 Å². The monoisotopic (exact) mass is 520 g/mol. The molecule has 1 aromatic carbocycles. The average molecular weight is 521 g/mol. The number of ether oxygens (including phenoxy) is 1. The number of para-hydroxylation sites is 1. The highest BCUT2D eigenvalue weighted by molar-refractivity contribution is 5.80. The molecule has 4 heterocycles.